The summed E-state index contributed by atoms with van der Waals surface area (Å²) in [4.78, 5) is 10.3. The Bertz CT molecular complexity index is 346. The SMILES string of the molecule is CCC(C)c1ccc(CCNCC(=O)O)cc1. The summed E-state index contributed by atoms with van der Waals surface area (Å²) in [5.41, 5.74) is 2.62. The molecule has 0 saturated carbocycles. The van der Waals surface area contributed by atoms with Crippen LogP contribution < -0.4 is 5.32 Å². The first-order valence-corrected chi connectivity index (χ1v) is 6.14. The van der Waals surface area contributed by atoms with Crippen molar-refractivity contribution < 1.29 is 9.90 Å². The van der Waals surface area contributed by atoms with Crippen molar-refractivity contribution in [2.45, 2.75) is 32.6 Å². The molecule has 1 aromatic carbocycles. The number of carboxylic acid groups (broad SMARTS) is 1. The van der Waals surface area contributed by atoms with E-state index in [0.29, 0.717) is 12.5 Å². The number of aliphatic carboxylic acids is 1. The highest BCUT2D eigenvalue weighted by Crippen LogP contribution is 2.18. The zero-order valence-corrected chi connectivity index (χ0v) is 10.6. The molecule has 0 aliphatic carbocycles. The van der Waals surface area contributed by atoms with Crippen LogP contribution in [0.4, 0.5) is 0 Å². The molecular formula is C14H21NO2. The molecule has 1 unspecified atom stereocenters. The summed E-state index contributed by atoms with van der Waals surface area (Å²) in [5.74, 6) is -0.202. The zero-order chi connectivity index (χ0) is 12.7. The van der Waals surface area contributed by atoms with Crippen molar-refractivity contribution in [3.8, 4) is 0 Å². The van der Waals surface area contributed by atoms with Gasteiger partial charge in [0.1, 0.15) is 0 Å². The fourth-order valence-electron chi connectivity index (χ4n) is 1.68. The Balaban J connectivity index is 2.38. The smallest absolute Gasteiger partial charge is 0.317 e. The lowest BCUT2D eigenvalue weighted by Crippen LogP contribution is -2.24. The Hall–Kier alpha value is -1.35. The van der Waals surface area contributed by atoms with Crippen LogP contribution in [0.5, 0.6) is 0 Å². The van der Waals surface area contributed by atoms with Gasteiger partial charge in [-0.25, -0.2) is 0 Å². The second-order valence-electron chi connectivity index (χ2n) is 4.37. The van der Waals surface area contributed by atoms with Crippen LogP contribution in [0.15, 0.2) is 24.3 Å². The number of hydrogen-bond donors (Lipinski definition) is 2. The Labute approximate surface area is 103 Å². The van der Waals surface area contributed by atoms with Gasteiger partial charge in [-0.05, 0) is 36.4 Å². The van der Waals surface area contributed by atoms with Gasteiger partial charge in [0, 0.05) is 0 Å². The van der Waals surface area contributed by atoms with Crippen LogP contribution >= 0.6 is 0 Å². The summed E-state index contributed by atoms with van der Waals surface area (Å²) in [6.45, 7) is 5.15. The molecule has 0 spiro atoms. The highest BCUT2D eigenvalue weighted by atomic mass is 16.4. The molecule has 0 amide bonds. The van der Waals surface area contributed by atoms with Gasteiger partial charge in [-0.15, -0.1) is 0 Å². The maximum atomic E-state index is 10.3. The molecule has 3 heteroatoms. The summed E-state index contributed by atoms with van der Waals surface area (Å²) in [6, 6.07) is 8.59. The molecule has 17 heavy (non-hydrogen) atoms. The van der Waals surface area contributed by atoms with Crippen molar-refractivity contribution in [1.29, 1.82) is 0 Å². The lowest BCUT2D eigenvalue weighted by molar-refractivity contribution is -0.135. The Morgan fingerprint density at radius 3 is 2.53 bits per heavy atom. The quantitative estimate of drug-likeness (QED) is 0.714. The molecule has 1 rings (SSSR count). The van der Waals surface area contributed by atoms with Crippen LogP contribution in [0.25, 0.3) is 0 Å². The number of carboxylic acids is 1. The predicted octanol–water partition coefficient (Wildman–Crippen LogP) is 2.42. The van der Waals surface area contributed by atoms with Crippen LogP contribution in [-0.4, -0.2) is 24.2 Å². The molecule has 3 nitrogen and oxygen atoms in total. The molecule has 0 heterocycles. The number of hydrogen-bond acceptors (Lipinski definition) is 2. The monoisotopic (exact) mass is 235 g/mol. The summed E-state index contributed by atoms with van der Waals surface area (Å²) in [6.07, 6.45) is 2.02. The molecule has 0 radical (unpaired) electrons. The average molecular weight is 235 g/mol. The molecular weight excluding hydrogens is 214 g/mol. The van der Waals surface area contributed by atoms with E-state index in [4.69, 9.17) is 5.11 Å². The Morgan fingerprint density at radius 2 is 2.00 bits per heavy atom. The second kappa shape index (κ2) is 7.07. The second-order valence-corrected chi connectivity index (χ2v) is 4.37. The third-order valence-corrected chi connectivity index (χ3v) is 3.03. The number of rotatable bonds is 7. The van der Waals surface area contributed by atoms with E-state index >= 15 is 0 Å². The van der Waals surface area contributed by atoms with Gasteiger partial charge in [0.05, 0.1) is 6.54 Å². The van der Waals surface area contributed by atoms with Gasteiger partial charge >= 0.3 is 5.97 Å². The molecule has 0 saturated heterocycles. The summed E-state index contributed by atoms with van der Waals surface area (Å²) in [7, 11) is 0. The van der Waals surface area contributed by atoms with Crippen molar-refractivity contribution in [3.05, 3.63) is 35.4 Å². The third kappa shape index (κ3) is 5.00. The van der Waals surface area contributed by atoms with Crippen LogP contribution in [0.3, 0.4) is 0 Å². The molecule has 0 aliphatic heterocycles. The normalized spacial score (nSPS) is 12.4. The fourth-order valence-corrected chi connectivity index (χ4v) is 1.68. The molecule has 0 fully saturated rings. The third-order valence-electron chi connectivity index (χ3n) is 3.03. The van der Waals surface area contributed by atoms with Gasteiger partial charge in [-0.1, -0.05) is 38.1 Å². The minimum atomic E-state index is -0.808. The van der Waals surface area contributed by atoms with Crippen molar-refractivity contribution in [1.82, 2.24) is 5.32 Å². The van der Waals surface area contributed by atoms with Gasteiger partial charge in [-0.3, -0.25) is 4.79 Å². The van der Waals surface area contributed by atoms with Crippen molar-refractivity contribution >= 4 is 5.97 Å². The highest BCUT2D eigenvalue weighted by molar-refractivity contribution is 5.68. The summed E-state index contributed by atoms with van der Waals surface area (Å²) in [5, 5.41) is 11.4. The van der Waals surface area contributed by atoms with Gasteiger partial charge in [-0.2, -0.15) is 0 Å². The first-order chi connectivity index (χ1) is 8.13. The van der Waals surface area contributed by atoms with E-state index in [-0.39, 0.29) is 6.54 Å². The van der Waals surface area contributed by atoms with Gasteiger partial charge in [0.15, 0.2) is 0 Å². The van der Waals surface area contributed by atoms with E-state index in [1.54, 1.807) is 0 Å². The molecule has 0 bridgehead atoms. The molecule has 0 aromatic heterocycles. The highest BCUT2D eigenvalue weighted by Gasteiger charge is 2.02. The van der Waals surface area contributed by atoms with Gasteiger partial charge in [0.25, 0.3) is 0 Å². The Kier molecular flexibility index (Phi) is 5.70. The maximum absolute atomic E-state index is 10.3. The van der Waals surface area contributed by atoms with E-state index in [1.807, 2.05) is 0 Å². The molecule has 0 aliphatic rings. The van der Waals surface area contributed by atoms with E-state index in [0.717, 1.165) is 12.8 Å². The van der Waals surface area contributed by atoms with E-state index in [1.165, 1.54) is 11.1 Å². The van der Waals surface area contributed by atoms with Crippen molar-refractivity contribution in [2.24, 2.45) is 0 Å². The lowest BCUT2D eigenvalue weighted by Gasteiger charge is -2.09. The fraction of sp³-hybridized carbons (Fsp3) is 0.500. The van der Waals surface area contributed by atoms with E-state index in [9.17, 15) is 4.79 Å². The average Bonchev–Trinajstić information content (AvgIpc) is 2.34. The minimum Gasteiger partial charge on any atom is -0.480 e. The number of carbonyl (C=O) groups is 1. The standard InChI is InChI=1S/C14H21NO2/c1-3-11(2)13-6-4-12(5-7-13)8-9-15-10-14(16)17/h4-7,11,15H,3,8-10H2,1-2H3,(H,16,17). The number of nitrogens with one attached hydrogen (secondary N) is 1. The predicted molar refractivity (Wildman–Crippen MR) is 69.4 cm³/mol. The van der Waals surface area contributed by atoms with Crippen molar-refractivity contribution in [2.75, 3.05) is 13.1 Å². The van der Waals surface area contributed by atoms with Gasteiger partial charge < -0.3 is 10.4 Å². The minimum absolute atomic E-state index is 0.0327. The van der Waals surface area contributed by atoms with Crippen LogP contribution in [0, 0.1) is 0 Å². The van der Waals surface area contributed by atoms with Crippen molar-refractivity contribution in [3.63, 3.8) is 0 Å². The first-order valence-electron chi connectivity index (χ1n) is 6.14. The largest absolute Gasteiger partial charge is 0.480 e. The first kappa shape index (κ1) is 13.7. The van der Waals surface area contributed by atoms with E-state index < -0.39 is 5.97 Å². The Morgan fingerprint density at radius 1 is 1.35 bits per heavy atom. The van der Waals surface area contributed by atoms with Crippen LogP contribution in [0.1, 0.15) is 37.3 Å². The molecule has 2 N–H and O–H groups in total. The topological polar surface area (TPSA) is 49.3 Å². The molecule has 1 aromatic rings. The van der Waals surface area contributed by atoms with Crippen LogP contribution in [0.2, 0.25) is 0 Å². The zero-order valence-electron chi connectivity index (χ0n) is 10.6. The molecule has 1 atom stereocenters. The summed E-state index contributed by atoms with van der Waals surface area (Å²) < 4.78 is 0. The summed E-state index contributed by atoms with van der Waals surface area (Å²) >= 11 is 0. The van der Waals surface area contributed by atoms with Crippen LogP contribution in [-0.2, 0) is 11.2 Å². The van der Waals surface area contributed by atoms with Gasteiger partial charge in [0.2, 0.25) is 0 Å². The lowest BCUT2D eigenvalue weighted by atomic mass is 9.97. The number of benzene rings is 1. The molecule has 94 valence electrons. The van der Waals surface area contributed by atoms with E-state index in [2.05, 4.69) is 43.4 Å². The maximum Gasteiger partial charge on any atom is 0.317 e.